The molecule has 0 saturated carbocycles. The van der Waals surface area contributed by atoms with E-state index in [1.54, 1.807) is 6.20 Å². The van der Waals surface area contributed by atoms with E-state index in [1.165, 1.54) is 19.6 Å². The second kappa shape index (κ2) is 3.61. The molecule has 82 valence electrons. The van der Waals surface area contributed by atoms with Crippen molar-refractivity contribution in [3.8, 4) is 0 Å². The monoisotopic (exact) mass is 207 g/mol. The Morgan fingerprint density at radius 3 is 3.27 bits per heavy atom. The fraction of sp³-hybridized carbons (Fsp3) is 0.727. The van der Waals surface area contributed by atoms with Crippen LogP contribution in [0.4, 0.5) is 0 Å². The highest BCUT2D eigenvalue weighted by molar-refractivity contribution is 5.00. The molecule has 1 aromatic rings. The molecule has 0 bridgehead atoms. The largest absolute Gasteiger partial charge is 0.360 e. The van der Waals surface area contributed by atoms with Gasteiger partial charge >= 0.3 is 0 Å². The van der Waals surface area contributed by atoms with Crippen LogP contribution in [0.2, 0.25) is 0 Å². The number of nitrogens with one attached hydrogen (secondary N) is 1. The van der Waals surface area contributed by atoms with Gasteiger partial charge < -0.3 is 9.84 Å². The number of likely N-dealkylation sites (tertiary alicyclic amines) is 1. The minimum absolute atomic E-state index is 0.662. The highest BCUT2D eigenvalue weighted by atomic mass is 16.5. The van der Waals surface area contributed by atoms with E-state index in [0.717, 1.165) is 24.1 Å². The highest BCUT2D eigenvalue weighted by Gasteiger charge is 2.41. The number of fused-ring (bicyclic) bond motifs is 1. The van der Waals surface area contributed by atoms with Crippen LogP contribution in [0.25, 0.3) is 0 Å². The van der Waals surface area contributed by atoms with Crippen LogP contribution < -0.4 is 5.32 Å². The van der Waals surface area contributed by atoms with E-state index in [2.05, 4.69) is 22.3 Å². The van der Waals surface area contributed by atoms with Gasteiger partial charge in [0, 0.05) is 18.7 Å². The molecule has 0 spiro atoms. The second-order valence-corrected chi connectivity index (χ2v) is 4.73. The number of hydrogen-bond acceptors (Lipinski definition) is 4. The van der Waals surface area contributed by atoms with E-state index in [-0.39, 0.29) is 0 Å². The van der Waals surface area contributed by atoms with Crippen molar-refractivity contribution < 1.29 is 4.52 Å². The van der Waals surface area contributed by atoms with Crippen LogP contribution in [0.5, 0.6) is 0 Å². The minimum atomic E-state index is 0.662. The first-order chi connectivity index (χ1) is 7.34. The number of aromatic nitrogens is 1. The molecule has 0 aromatic carbocycles. The van der Waals surface area contributed by atoms with Crippen molar-refractivity contribution in [3.05, 3.63) is 18.0 Å². The molecule has 3 unspecified atom stereocenters. The quantitative estimate of drug-likeness (QED) is 0.775. The van der Waals surface area contributed by atoms with Crippen LogP contribution in [-0.4, -0.2) is 35.7 Å². The van der Waals surface area contributed by atoms with Gasteiger partial charge in [-0.05, 0) is 31.8 Å². The number of rotatable bonds is 2. The molecule has 2 saturated heterocycles. The SMILES string of the molecule is CC1C2CNCC2CN1Cc1ccno1. The summed E-state index contributed by atoms with van der Waals surface area (Å²) in [5.41, 5.74) is 0. The van der Waals surface area contributed by atoms with Crippen LogP contribution in [0, 0.1) is 11.8 Å². The number of nitrogens with zero attached hydrogens (tertiary/aromatic N) is 2. The van der Waals surface area contributed by atoms with Crippen molar-refractivity contribution in [1.82, 2.24) is 15.4 Å². The first-order valence-corrected chi connectivity index (χ1v) is 5.69. The van der Waals surface area contributed by atoms with E-state index >= 15 is 0 Å². The molecule has 3 heterocycles. The van der Waals surface area contributed by atoms with E-state index in [9.17, 15) is 0 Å². The van der Waals surface area contributed by atoms with Gasteiger partial charge in [-0.25, -0.2) is 0 Å². The zero-order valence-electron chi connectivity index (χ0n) is 9.02. The first-order valence-electron chi connectivity index (χ1n) is 5.69. The fourth-order valence-electron chi connectivity index (χ4n) is 2.99. The standard InChI is InChI=1S/C11H17N3O/c1-8-11-5-12-4-9(11)6-14(8)7-10-2-3-13-15-10/h2-3,8-9,11-12H,4-7H2,1H3. The molecule has 1 N–H and O–H groups in total. The lowest BCUT2D eigenvalue weighted by Crippen LogP contribution is -2.32. The van der Waals surface area contributed by atoms with Gasteiger partial charge in [0.15, 0.2) is 5.76 Å². The predicted octanol–water partition coefficient (Wildman–Crippen LogP) is 0.714. The van der Waals surface area contributed by atoms with E-state index in [0.29, 0.717) is 6.04 Å². The van der Waals surface area contributed by atoms with Crippen LogP contribution >= 0.6 is 0 Å². The summed E-state index contributed by atoms with van der Waals surface area (Å²) in [5.74, 6) is 2.64. The smallest absolute Gasteiger partial charge is 0.150 e. The number of hydrogen-bond donors (Lipinski definition) is 1. The molecular formula is C11H17N3O. The lowest BCUT2D eigenvalue weighted by atomic mass is 9.95. The van der Waals surface area contributed by atoms with Crippen molar-refractivity contribution in [2.45, 2.75) is 19.5 Å². The molecule has 3 rings (SSSR count). The van der Waals surface area contributed by atoms with Gasteiger partial charge in [0.1, 0.15) is 0 Å². The van der Waals surface area contributed by atoms with Crippen LogP contribution in [0.15, 0.2) is 16.8 Å². The van der Waals surface area contributed by atoms with Gasteiger partial charge in [-0.15, -0.1) is 0 Å². The molecule has 1 aromatic heterocycles. The van der Waals surface area contributed by atoms with Gasteiger partial charge in [0.25, 0.3) is 0 Å². The third kappa shape index (κ3) is 1.58. The molecule has 0 amide bonds. The van der Waals surface area contributed by atoms with Crippen LogP contribution in [0.3, 0.4) is 0 Å². The zero-order chi connectivity index (χ0) is 10.3. The maximum Gasteiger partial charge on any atom is 0.150 e. The van der Waals surface area contributed by atoms with Crippen molar-refractivity contribution in [2.75, 3.05) is 19.6 Å². The van der Waals surface area contributed by atoms with Gasteiger partial charge in [-0.2, -0.15) is 0 Å². The Hall–Kier alpha value is -0.870. The van der Waals surface area contributed by atoms with Crippen molar-refractivity contribution in [3.63, 3.8) is 0 Å². The maximum absolute atomic E-state index is 5.16. The molecule has 4 nitrogen and oxygen atoms in total. The molecule has 15 heavy (non-hydrogen) atoms. The lowest BCUT2D eigenvalue weighted by molar-refractivity contribution is 0.205. The summed E-state index contributed by atoms with van der Waals surface area (Å²) in [7, 11) is 0. The molecule has 0 radical (unpaired) electrons. The van der Waals surface area contributed by atoms with Gasteiger partial charge in [0.2, 0.25) is 0 Å². The molecule has 0 aliphatic carbocycles. The lowest BCUT2D eigenvalue weighted by Gasteiger charge is -2.22. The normalized spacial score (nSPS) is 35.9. The molecule has 4 heteroatoms. The Balaban J connectivity index is 1.68. The summed E-state index contributed by atoms with van der Waals surface area (Å²) in [6, 6.07) is 2.62. The fourth-order valence-corrected chi connectivity index (χ4v) is 2.99. The van der Waals surface area contributed by atoms with Crippen LogP contribution in [0.1, 0.15) is 12.7 Å². The van der Waals surface area contributed by atoms with Crippen LogP contribution in [-0.2, 0) is 6.54 Å². The molecule has 2 aliphatic heterocycles. The summed E-state index contributed by atoms with van der Waals surface area (Å²) in [6.07, 6.45) is 1.72. The van der Waals surface area contributed by atoms with Gasteiger partial charge in [0.05, 0.1) is 12.7 Å². The Kier molecular flexibility index (Phi) is 2.25. The summed E-state index contributed by atoms with van der Waals surface area (Å²) < 4.78 is 5.16. The molecule has 2 aliphatic rings. The molecular weight excluding hydrogens is 190 g/mol. The topological polar surface area (TPSA) is 41.3 Å². The third-order valence-electron chi connectivity index (χ3n) is 3.91. The Morgan fingerprint density at radius 1 is 1.60 bits per heavy atom. The average Bonchev–Trinajstić information content (AvgIpc) is 2.89. The van der Waals surface area contributed by atoms with Crippen molar-refractivity contribution in [1.29, 1.82) is 0 Å². The maximum atomic E-state index is 5.16. The zero-order valence-corrected chi connectivity index (χ0v) is 9.02. The van der Waals surface area contributed by atoms with Gasteiger partial charge in [-0.3, -0.25) is 4.90 Å². The van der Waals surface area contributed by atoms with Crippen molar-refractivity contribution >= 4 is 0 Å². The molecule has 3 atom stereocenters. The molecule has 2 fully saturated rings. The summed E-state index contributed by atoms with van der Waals surface area (Å²) in [5, 5.41) is 7.22. The average molecular weight is 207 g/mol. The van der Waals surface area contributed by atoms with Crippen molar-refractivity contribution in [2.24, 2.45) is 11.8 Å². The van der Waals surface area contributed by atoms with E-state index < -0.39 is 0 Å². The summed E-state index contributed by atoms with van der Waals surface area (Å²) in [4.78, 5) is 2.51. The minimum Gasteiger partial charge on any atom is -0.360 e. The summed E-state index contributed by atoms with van der Waals surface area (Å²) >= 11 is 0. The Labute approximate surface area is 89.6 Å². The Morgan fingerprint density at radius 2 is 2.53 bits per heavy atom. The second-order valence-electron chi connectivity index (χ2n) is 4.73. The Bertz CT molecular complexity index is 325. The highest BCUT2D eigenvalue weighted by Crippen LogP contribution is 2.33. The third-order valence-corrected chi connectivity index (χ3v) is 3.91. The van der Waals surface area contributed by atoms with E-state index in [4.69, 9.17) is 4.52 Å². The predicted molar refractivity (Wildman–Crippen MR) is 56.2 cm³/mol. The first kappa shape index (κ1) is 9.36. The van der Waals surface area contributed by atoms with E-state index in [1.807, 2.05) is 6.07 Å². The summed E-state index contributed by atoms with van der Waals surface area (Å²) in [6.45, 7) is 6.79. The van der Waals surface area contributed by atoms with Gasteiger partial charge in [-0.1, -0.05) is 5.16 Å².